The molecule has 0 saturated heterocycles. The first-order valence-electron chi connectivity index (χ1n) is 8.58. The Balaban J connectivity index is 1.46. The smallest absolute Gasteiger partial charge is 0.191 e. The number of aromatic nitrogens is 4. The first-order chi connectivity index (χ1) is 13.2. The minimum absolute atomic E-state index is 0.00146. The van der Waals surface area contributed by atoms with E-state index in [1.165, 1.54) is 11.8 Å². The molecule has 0 bridgehead atoms. The van der Waals surface area contributed by atoms with Crippen molar-refractivity contribution in [3.63, 3.8) is 0 Å². The summed E-state index contributed by atoms with van der Waals surface area (Å²) in [6.07, 6.45) is 4.28. The molecule has 2 aromatic heterocycles. The number of hydrogen-bond donors (Lipinski definition) is 0. The maximum atomic E-state index is 12.6. The molecule has 0 radical (unpaired) electrons. The van der Waals surface area contributed by atoms with Crippen molar-refractivity contribution >= 4 is 17.5 Å². The topological polar surface area (TPSA) is 79.1 Å². The van der Waals surface area contributed by atoms with Crippen LogP contribution in [0.4, 0.5) is 0 Å². The van der Waals surface area contributed by atoms with Crippen LogP contribution < -0.4 is 9.47 Å². The molecular formula is C19H18N4O3S. The Kier molecular flexibility index (Phi) is 5.06. The third kappa shape index (κ3) is 3.80. The molecule has 138 valence electrons. The van der Waals surface area contributed by atoms with Crippen molar-refractivity contribution in [2.24, 2.45) is 7.05 Å². The molecule has 0 unspecified atom stereocenters. The van der Waals surface area contributed by atoms with Crippen molar-refractivity contribution in [3.8, 4) is 22.9 Å². The molecule has 0 atom stereocenters. The van der Waals surface area contributed by atoms with Crippen LogP contribution in [0.5, 0.6) is 11.5 Å². The third-order valence-corrected chi connectivity index (χ3v) is 5.18. The van der Waals surface area contributed by atoms with Gasteiger partial charge in [-0.25, -0.2) is 0 Å². The Bertz CT molecular complexity index is 959. The summed E-state index contributed by atoms with van der Waals surface area (Å²) in [6, 6.07) is 9.09. The van der Waals surface area contributed by atoms with E-state index in [1.54, 1.807) is 30.6 Å². The van der Waals surface area contributed by atoms with E-state index in [0.29, 0.717) is 41.3 Å². The zero-order chi connectivity index (χ0) is 18.6. The van der Waals surface area contributed by atoms with E-state index in [2.05, 4.69) is 15.2 Å². The molecule has 0 aliphatic carbocycles. The molecule has 1 aliphatic rings. The Morgan fingerprint density at radius 2 is 2.04 bits per heavy atom. The summed E-state index contributed by atoms with van der Waals surface area (Å²) in [7, 11) is 1.88. The maximum absolute atomic E-state index is 12.6. The van der Waals surface area contributed by atoms with E-state index in [0.717, 1.165) is 12.0 Å². The van der Waals surface area contributed by atoms with Gasteiger partial charge in [-0.3, -0.25) is 9.78 Å². The summed E-state index contributed by atoms with van der Waals surface area (Å²) in [5, 5.41) is 9.08. The van der Waals surface area contributed by atoms with Gasteiger partial charge in [-0.2, -0.15) is 0 Å². The predicted octanol–water partition coefficient (Wildman–Crippen LogP) is 3.01. The van der Waals surface area contributed by atoms with Crippen LogP contribution >= 0.6 is 11.8 Å². The molecule has 27 heavy (non-hydrogen) atoms. The molecule has 0 N–H and O–H groups in total. The fourth-order valence-electron chi connectivity index (χ4n) is 2.74. The van der Waals surface area contributed by atoms with E-state index in [9.17, 15) is 4.79 Å². The highest BCUT2D eigenvalue weighted by molar-refractivity contribution is 7.99. The number of ether oxygens (including phenoxy) is 2. The number of benzene rings is 1. The second-order valence-electron chi connectivity index (χ2n) is 6.03. The second-order valence-corrected chi connectivity index (χ2v) is 6.97. The van der Waals surface area contributed by atoms with Gasteiger partial charge in [0, 0.05) is 37.0 Å². The van der Waals surface area contributed by atoms with Crippen LogP contribution in [0.25, 0.3) is 11.4 Å². The van der Waals surface area contributed by atoms with Gasteiger partial charge in [0.25, 0.3) is 0 Å². The first-order valence-corrected chi connectivity index (χ1v) is 9.56. The molecule has 1 aliphatic heterocycles. The molecular weight excluding hydrogens is 364 g/mol. The van der Waals surface area contributed by atoms with Crippen LogP contribution in [0, 0.1) is 0 Å². The lowest BCUT2D eigenvalue weighted by Gasteiger charge is -2.09. The second kappa shape index (κ2) is 7.79. The van der Waals surface area contributed by atoms with Gasteiger partial charge >= 0.3 is 0 Å². The van der Waals surface area contributed by atoms with Crippen molar-refractivity contribution in [1.29, 1.82) is 0 Å². The van der Waals surface area contributed by atoms with Crippen LogP contribution in [0.15, 0.2) is 47.9 Å². The van der Waals surface area contributed by atoms with Crippen LogP contribution in [0.1, 0.15) is 16.8 Å². The summed E-state index contributed by atoms with van der Waals surface area (Å²) in [6.45, 7) is 1.22. The maximum Gasteiger partial charge on any atom is 0.191 e. The Morgan fingerprint density at radius 3 is 2.85 bits per heavy atom. The SMILES string of the molecule is Cn1c(SCC(=O)c2ccc3c(c2)OCCCO3)nnc1-c1cccnc1. The fraction of sp³-hybridized carbons (Fsp3) is 0.263. The zero-order valence-electron chi connectivity index (χ0n) is 14.8. The van der Waals surface area contributed by atoms with Crippen LogP contribution in [-0.4, -0.2) is 44.5 Å². The van der Waals surface area contributed by atoms with Gasteiger partial charge in [0.1, 0.15) is 0 Å². The quantitative estimate of drug-likeness (QED) is 0.496. The highest BCUT2D eigenvalue weighted by atomic mass is 32.2. The molecule has 1 aromatic carbocycles. The van der Waals surface area contributed by atoms with E-state index >= 15 is 0 Å². The third-order valence-electron chi connectivity index (χ3n) is 4.16. The van der Waals surface area contributed by atoms with Crippen LogP contribution in [0.3, 0.4) is 0 Å². The Morgan fingerprint density at radius 1 is 1.19 bits per heavy atom. The molecule has 0 amide bonds. The minimum Gasteiger partial charge on any atom is -0.490 e. The van der Waals surface area contributed by atoms with E-state index in [4.69, 9.17) is 9.47 Å². The number of nitrogens with zero attached hydrogens (tertiary/aromatic N) is 4. The average molecular weight is 382 g/mol. The van der Waals surface area contributed by atoms with Gasteiger partial charge in [0.05, 0.1) is 19.0 Å². The van der Waals surface area contributed by atoms with Crippen molar-refractivity contribution in [3.05, 3.63) is 48.3 Å². The number of thioether (sulfide) groups is 1. The van der Waals surface area contributed by atoms with Crippen molar-refractivity contribution in [1.82, 2.24) is 19.7 Å². The molecule has 7 nitrogen and oxygen atoms in total. The zero-order valence-corrected chi connectivity index (χ0v) is 15.6. The Labute approximate surface area is 160 Å². The molecule has 4 rings (SSSR count). The van der Waals surface area contributed by atoms with Gasteiger partial charge in [-0.05, 0) is 30.3 Å². The lowest BCUT2D eigenvalue weighted by molar-refractivity contribution is 0.102. The van der Waals surface area contributed by atoms with E-state index < -0.39 is 0 Å². The van der Waals surface area contributed by atoms with Crippen molar-refractivity contribution < 1.29 is 14.3 Å². The summed E-state index contributed by atoms with van der Waals surface area (Å²) in [5.41, 5.74) is 1.48. The normalized spacial score (nSPS) is 13.2. The number of fused-ring (bicyclic) bond motifs is 1. The number of Topliss-reactive ketones (excluding diaryl/α,β-unsaturated/α-hetero) is 1. The molecule has 3 aromatic rings. The van der Waals surface area contributed by atoms with Gasteiger partial charge in [-0.1, -0.05) is 11.8 Å². The average Bonchev–Trinajstić information content (AvgIpc) is 2.91. The van der Waals surface area contributed by atoms with E-state index in [1.807, 2.05) is 23.7 Å². The van der Waals surface area contributed by atoms with Crippen LogP contribution in [-0.2, 0) is 7.05 Å². The number of pyridine rings is 1. The number of carbonyl (C=O) groups is 1. The molecule has 0 spiro atoms. The van der Waals surface area contributed by atoms with Gasteiger partial charge < -0.3 is 14.0 Å². The highest BCUT2D eigenvalue weighted by Crippen LogP contribution is 2.31. The minimum atomic E-state index is 0.00146. The summed E-state index contributed by atoms with van der Waals surface area (Å²) in [5.74, 6) is 2.29. The number of rotatable bonds is 5. The summed E-state index contributed by atoms with van der Waals surface area (Å²) < 4.78 is 13.1. The van der Waals surface area contributed by atoms with Crippen molar-refractivity contribution in [2.45, 2.75) is 11.6 Å². The molecule has 0 fully saturated rings. The number of ketones is 1. The summed E-state index contributed by atoms with van der Waals surface area (Å²) >= 11 is 1.35. The molecule has 0 saturated carbocycles. The standard InChI is InChI=1S/C19H18N4O3S/c1-23-18(14-4-2-7-20-11-14)21-22-19(23)27-12-15(24)13-5-6-16-17(10-13)26-9-3-8-25-16/h2,4-7,10-11H,3,8-9,12H2,1H3. The summed E-state index contributed by atoms with van der Waals surface area (Å²) in [4.78, 5) is 16.7. The molecule has 3 heterocycles. The lowest BCUT2D eigenvalue weighted by atomic mass is 10.1. The van der Waals surface area contributed by atoms with Crippen molar-refractivity contribution in [2.75, 3.05) is 19.0 Å². The van der Waals surface area contributed by atoms with Crippen LogP contribution in [0.2, 0.25) is 0 Å². The predicted molar refractivity (Wildman–Crippen MR) is 101 cm³/mol. The van der Waals surface area contributed by atoms with Gasteiger partial charge in [-0.15, -0.1) is 10.2 Å². The lowest BCUT2D eigenvalue weighted by Crippen LogP contribution is -2.05. The number of hydrogen-bond acceptors (Lipinski definition) is 7. The highest BCUT2D eigenvalue weighted by Gasteiger charge is 2.16. The fourth-order valence-corrected chi connectivity index (χ4v) is 3.54. The largest absolute Gasteiger partial charge is 0.490 e. The number of carbonyl (C=O) groups excluding carboxylic acids is 1. The van der Waals surface area contributed by atoms with Gasteiger partial charge in [0.2, 0.25) is 0 Å². The first kappa shape index (κ1) is 17.5. The van der Waals surface area contributed by atoms with E-state index in [-0.39, 0.29) is 11.5 Å². The van der Waals surface area contributed by atoms with Gasteiger partial charge in [0.15, 0.2) is 28.3 Å². The monoisotopic (exact) mass is 382 g/mol. The Hall–Kier alpha value is -2.87. The molecule has 8 heteroatoms.